The predicted octanol–water partition coefficient (Wildman–Crippen LogP) is -0.737. The van der Waals surface area contributed by atoms with Crippen molar-refractivity contribution in [1.29, 1.82) is 0 Å². The zero-order valence-corrected chi connectivity index (χ0v) is 7.46. The van der Waals surface area contributed by atoms with Gasteiger partial charge in [-0.05, 0) is 10.4 Å². The number of tetrazole rings is 1. The summed E-state index contributed by atoms with van der Waals surface area (Å²) in [5, 5.41) is 19.7. The number of ether oxygens (including phenoxy) is 1. The van der Waals surface area contributed by atoms with Crippen molar-refractivity contribution in [3.63, 3.8) is 0 Å². The van der Waals surface area contributed by atoms with Gasteiger partial charge >= 0.3 is 5.97 Å². The minimum Gasteiger partial charge on any atom is -0.479 e. The summed E-state index contributed by atoms with van der Waals surface area (Å²) in [5.41, 5.74) is -1.03. The van der Waals surface area contributed by atoms with Gasteiger partial charge in [-0.3, -0.25) is 0 Å². The second-order valence-electron chi connectivity index (χ2n) is 3.20. The van der Waals surface area contributed by atoms with Gasteiger partial charge in [-0.2, -0.15) is 0 Å². The fourth-order valence-corrected chi connectivity index (χ4v) is 1.61. The van der Waals surface area contributed by atoms with Crippen LogP contribution in [0.5, 0.6) is 0 Å². The molecule has 0 unspecified atom stereocenters. The highest BCUT2D eigenvalue weighted by atomic mass is 16.5. The van der Waals surface area contributed by atoms with Crippen LogP contribution in [0.2, 0.25) is 0 Å². The number of carbonyl (C=O) groups is 1. The molecule has 0 spiro atoms. The van der Waals surface area contributed by atoms with Crippen LogP contribution in [-0.4, -0.2) is 44.5 Å². The Morgan fingerprint density at radius 3 is 2.71 bits per heavy atom. The zero-order valence-electron chi connectivity index (χ0n) is 7.46. The molecule has 0 amide bonds. The third kappa shape index (κ3) is 1.25. The molecule has 0 bridgehead atoms. The SMILES string of the molecule is O=C(O)C1(n2cnnn2)CCOCC1. The lowest BCUT2D eigenvalue weighted by atomic mass is 9.90. The summed E-state index contributed by atoms with van der Waals surface area (Å²) in [5.74, 6) is -0.909. The maximum Gasteiger partial charge on any atom is 0.331 e. The molecule has 0 aliphatic carbocycles. The molecule has 1 aliphatic rings. The molecule has 7 heteroatoms. The first-order valence-corrected chi connectivity index (χ1v) is 4.30. The van der Waals surface area contributed by atoms with Gasteiger partial charge in [-0.25, -0.2) is 9.48 Å². The highest BCUT2D eigenvalue weighted by molar-refractivity contribution is 5.76. The summed E-state index contributed by atoms with van der Waals surface area (Å²) in [6, 6.07) is 0. The van der Waals surface area contributed by atoms with Crippen LogP contribution in [0.3, 0.4) is 0 Å². The largest absolute Gasteiger partial charge is 0.479 e. The van der Waals surface area contributed by atoms with Crippen molar-refractivity contribution >= 4 is 5.97 Å². The molecule has 1 aromatic heterocycles. The number of aromatic nitrogens is 4. The van der Waals surface area contributed by atoms with Gasteiger partial charge in [0.05, 0.1) is 0 Å². The Hall–Kier alpha value is -1.50. The van der Waals surface area contributed by atoms with Gasteiger partial charge in [-0.1, -0.05) is 0 Å². The summed E-state index contributed by atoms with van der Waals surface area (Å²) in [6.07, 6.45) is 2.13. The molecule has 7 nitrogen and oxygen atoms in total. The third-order valence-electron chi connectivity index (χ3n) is 2.51. The molecule has 0 atom stereocenters. The Labute approximate surface area is 79.7 Å². The Bertz CT molecular complexity index is 318. The van der Waals surface area contributed by atoms with E-state index in [1.165, 1.54) is 11.0 Å². The van der Waals surface area contributed by atoms with Crippen LogP contribution in [0.25, 0.3) is 0 Å². The fraction of sp³-hybridized carbons (Fsp3) is 0.714. The van der Waals surface area contributed by atoms with E-state index in [-0.39, 0.29) is 0 Å². The highest BCUT2D eigenvalue weighted by Gasteiger charge is 2.43. The highest BCUT2D eigenvalue weighted by Crippen LogP contribution is 2.28. The fourth-order valence-electron chi connectivity index (χ4n) is 1.61. The zero-order chi connectivity index (χ0) is 10.0. The van der Waals surface area contributed by atoms with Gasteiger partial charge in [0.2, 0.25) is 0 Å². The molecule has 1 fully saturated rings. The van der Waals surface area contributed by atoms with E-state index in [4.69, 9.17) is 4.74 Å². The first-order valence-electron chi connectivity index (χ1n) is 4.30. The number of rotatable bonds is 2. The van der Waals surface area contributed by atoms with E-state index in [0.29, 0.717) is 26.1 Å². The predicted molar refractivity (Wildman–Crippen MR) is 43.5 cm³/mol. The van der Waals surface area contributed by atoms with Crippen LogP contribution in [-0.2, 0) is 15.1 Å². The molecule has 1 saturated heterocycles. The van der Waals surface area contributed by atoms with Crippen molar-refractivity contribution in [2.45, 2.75) is 18.4 Å². The molecule has 76 valence electrons. The van der Waals surface area contributed by atoms with Crippen LogP contribution in [0.4, 0.5) is 0 Å². The van der Waals surface area contributed by atoms with E-state index >= 15 is 0 Å². The maximum atomic E-state index is 11.2. The Balaban J connectivity index is 2.35. The van der Waals surface area contributed by atoms with Crippen molar-refractivity contribution in [3.8, 4) is 0 Å². The van der Waals surface area contributed by atoms with E-state index in [9.17, 15) is 9.90 Å². The maximum absolute atomic E-state index is 11.2. The van der Waals surface area contributed by atoms with Crippen molar-refractivity contribution in [2.24, 2.45) is 0 Å². The smallest absolute Gasteiger partial charge is 0.331 e. The quantitative estimate of drug-likeness (QED) is 0.673. The van der Waals surface area contributed by atoms with E-state index < -0.39 is 11.5 Å². The van der Waals surface area contributed by atoms with E-state index in [1.54, 1.807) is 0 Å². The van der Waals surface area contributed by atoms with Crippen LogP contribution < -0.4 is 0 Å². The number of carboxylic acids is 1. The summed E-state index contributed by atoms with van der Waals surface area (Å²) in [6.45, 7) is 0.846. The number of carboxylic acid groups (broad SMARTS) is 1. The lowest BCUT2D eigenvalue weighted by molar-refractivity contribution is -0.153. The van der Waals surface area contributed by atoms with Gasteiger partial charge in [0, 0.05) is 26.1 Å². The van der Waals surface area contributed by atoms with Gasteiger partial charge < -0.3 is 9.84 Å². The third-order valence-corrected chi connectivity index (χ3v) is 2.51. The first-order chi connectivity index (χ1) is 6.76. The molecule has 2 rings (SSSR count). The first kappa shape index (κ1) is 9.07. The summed E-state index contributed by atoms with van der Waals surface area (Å²) in [4.78, 5) is 11.2. The lowest BCUT2D eigenvalue weighted by Gasteiger charge is -2.32. The van der Waals surface area contributed by atoms with Crippen molar-refractivity contribution in [3.05, 3.63) is 6.33 Å². The standard InChI is InChI=1S/C7H10N4O3/c12-6(13)7(1-3-14-4-2-7)11-5-8-9-10-11/h5H,1-4H2,(H,12,13). The van der Waals surface area contributed by atoms with E-state index in [0.717, 1.165) is 0 Å². The minimum absolute atomic E-state index is 0.396. The van der Waals surface area contributed by atoms with Crippen LogP contribution in [0.15, 0.2) is 6.33 Å². The summed E-state index contributed by atoms with van der Waals surface area (Å²) < 4.78 is 6.43. The van der Waals surface area contributed by atoms with Crippen LogP contribution in [0.1, 0.15) is 12.8 Å². The second-order valence-corrected chi connectivity index (χ2v) is 3.20. The Morgan fingerprint density at radius 1 is 1.50 bits per heavy atom. The van der Waals surface area contributed by atoms with Gasteiger partial charge in [-0.15, -0.1) is 5.10 Å². The van der Waals surface area contributed by atoms with Crippen LogP contribution in [0, 0.1) is 0 Å². The number of nitrogens with zero attached hydrogens (tertiary/aromatic N) is 4. The summed E-state index contributed by atoms with van der Waals surface area (Å²) in [7, 11) is 0. The molecule has 1 aliphatic heterocycles. The second kappa shape index (κ2) is 3.33. The Morgan fingerprint density at radius 2 is 2.21 bits per heavy atom. The van der Waals surface area contributed by atoms with Gasteiger partial charge in [0.15, 0.2) is 5.54 Å². The van der Waals surface area contributed by atoms with Gasteiger partial charge in [0.1, 0.15) is 6.33 Å². The lowest BCUT2D eigenvalue weighted by Crippen LogP contribution is -2.46. The molecule has 1 N–H and O–H groups in total. The normalized spacial score (nSPS) is 20.6. The molecule has 0 radical (unpaired) electrons. The van der Waals surface area contributed by atoms with Crippen molar-refractivity contribution in [2.75, 3.05) is 13.2 Å². The van der Waals surface area contributed by atoms with Crippen LogP contribution >= 0.6 is 0 Å². The number of hydrogen-bond donors (Lipinski definition) is 1. The Kier molecular flexibility index (Phi) is 2.16. The van der Waals surface area contributed by atoms with E-state index in [1.807, 2.05) is 0 Å². The molecular weight excluding hydrogens is 188 g/mol. The molecule has 2 heterocycles. The van der Waals surface area contributed by atoms with Gasteiger partial charge in [0.25, 0.3) is 0 Å². The topological polar surface area (TPSA) is 90.1 Å². The minimum atomic E-state index is -1.03. The van der Waals surface area contributed by atoms with E-state index in [2.05, 4.69) is 15.5 Å². The molecule has 14 heavy (non-hydrogen) atoms. The molecule has 0 saturated carbocycles. The number of hydrogen-bond acceptors (Lipinski definition) is 5. The average molecular weight is 198 g/mol. The van der Waals surface area contributed by atoms with Crippen molar-refractivity contribution in [1.82, 2.24) is 20.2 Å². The van der Waals surface area contributed by atoms with Crippen molar-refractivity contribution < 1.29 is 14.6 Å². The average Bonchev–Trinajstić information content (AvgIpc) is 2.72. The number of aliphatic carboxylic acids is 1. The molecule has 0 aromatic carbocycles. The summed E-state index contributed by atoms with van der Waals surface area (Å²) >= 11 is 0. The monoisotopic (exact) mass is 198 g/mol. The molecular formula is C7H10N4O3. The molecule has 1 aromatic rings.